The predicted octanol–water partition coefficient (Wildman–Crippen LogP) is 3.41. The molecular weight excluding hydrogens is 354 g/mol. The standard InChI is InChI=1S/C22H25N3O3/c1-27-19-9-8-16(15-20(19)28-2)10-13-24-21(26)11-14-23-18-7-3-5-17-6-4-12-25-22(17)18/h3-9,12,15,23H,10-11,13-14H2,1-2H3,(H,24,26). The number of ether oxygens (including phenoxy) is 2. The van der Waals surface area contributed by atoms with Gasteiger partial charge in [0.25, 0.3) is 0 Å². The smallest absolute Gasteiger partial charge is 0.221 e. The molecule has 2 aromatic carbocycles. The van der Waals surface area contributed by atoms with Crippen molar-refractivity contribution in [1.29, 1.82) is 0 Å². The summed E-state index contributed by atoms with van der Waals surface area (Å²) < 4.78 is 10.5. The summed E-state index contributed by atoms with van der Waals surface area (Å²) in [6, 6.07) is 15.7. The second-order valence-corrected chi connectivity index (χ2v) is 6.35. The van der Waals surface area contributed by atoms with E-state index in [1.54, 1.807) is 20.4 Å². The van der Waals surface area contributed by atoms with Crippen LogP contribution in [0.25, 0.3) is 10.9 Å². The Kier molecular flexibility index (Phi) is 6.68. The summed E-state index contributed by atoms with van der Waals surface area (Å²) in [5, 5.41) is 7.33. The normalized spacial score (nSPS) is 10.5. The zero-order valence-electron chi connectivity index (χ0n) is 16.2. The van der Waals surface area contributed by atoms with Gasteiger partial charge in [0.15, 0.2) is 11.5 Å². The number of nitrogens with zero attached hydrogens (tertiary/aromatic N) is 1. The van der Waals surface area contributed by atoms with Gasteiger partial charge in [0.05, 0.1) is 25.4 Å². The van der Waals surface area contributed by atoms with E-state index in [9.17, 15) is 4.79 Å². The van der Waals surface area contributed by atoms with Gasteiger partial charge in [-0.2, -0.15) is 0 Å². The summed E-state index contributed by atoms with van der Waals surface area (Å²) in [6.07, 6.45) is 2.90. The zero-order valence-corrected chi connectivity index (χ0v) is 16.2. The van der Waals surface area contributed by atoms with Crippen LogP contribution in [0, 0.1) is 0 Å². The SMILES string of the molecule is COc1ccc(CCNC(=O)CCNc2cccc3cccnc23)cc1OC. The minimum absolute atomic E-state index is 0.0150. The number of hydrogen-bond donors (Lipinski definition) is 2. The topological polar surface area (TPSA) is 72.5 Å². The lowest BCUT2D eigenvalue weighted by atomic mass is 10.1. The summed E-state index contributed by atoms with van der Waals surface area (Å²) in [7, 11) is 3.22. The van der Waals surface area contributed by atoms with Crippen LogP contribution in [-0.2, 0) is 11.2 Å². The Bertz CT molecular complexity index is 938. The first-order valence-electron chi connectivity index (χ1n) is 9.26. The number of aromatic nitrogens is 1. The number of methoxy groups -OCH3 is 2. The van der Waals surface area contributed by atoms with Gasteiger partial charge in [-0.1, -0.05) is 24.3 Å². The molecular formula is C22H25N3O3. The molecule has 0 saturated carbocycles. The van der Waals surface area contributed by atoms with E-state index >= 15 is 0 Å². The third kappa shape index (κ3) is 4.91. The van der Waals surface area contributed by atoms with Gasteiger partial charge in [-0.25, -0.2) is 0 Å². The van der Waals surface area contributed by atoms with E-state index in [1.807, 2.05) is 48.5 Å². The summed E-state index contributed by atoms with van der Waals surface area (Å²) in [5.74, 6) is 1.41. The lowest BCUT2D eigenvalue weighted by molar-refractivity contribution is -0.120. The molecule has 3 aromatic rings. The van der Waals surface area contributed by atoms with Crippen molar-refractivity contribution in [2.75, 3.05) is 32.6 Å². The summed E-state index contributed by atoms with van der Waals surface area (Å²) in [5.41, 5.74) is 2.94. The number of carbonyl (C=O) groups excluding carboxylic acids is 1. The highest BCUT2D eigenvalue weighted by molar-refractivity contribution is 5.90. The number of para-hydroxylation sites is 1. The number of fused-ring (bicyclic) bond motifs is 1. The Morgan fingerprint density at radius 2 is 1.82 bits per heavy atom. The second kappa shape index (κ2) is 9.60. The first-order valence-corrected chi connectivity index (χ1v) is 9.26. The van der Waals surface area contributed by atoms with E-state index in [0.717, 1.165) is 28.6 Å². The molecule has 0 spiro atoms. The molecule has 0 radical (unpaired) electrons. The van der Waals surface area contributed by atoms with Gasteiger partial charge in [-0.3, -0.25) is 9.78 Å². The average molecular weight is 379 g/mol. The third-order valence-electron chi connectivity index (χ3n) is 4.48. The van der Waals surface area contributed by atoms with Crippen molar-refractivity contribution in [1.82, 2.24) is 10.3 Å². The molecule has 6 nitrogen and oxygen atoms in total. The Morgan fingerprint density at radius 3 is 2.64 bits per heavy atom. The number of carbonyl (C=O) groups is 1. The molecule has 146 valence electrons. The molecule has 1 heterocycles. The van der Waals surface area contributed by atoms with Crippen LogP contribution in [0.4, 0.5) is 5.69 Å². The quantitative estimate of drug-likeness (QED) is 0.596. The van der Waals surface area contributed by atoms with Crippen molar-refractivity contribution in [3.63, 3.8) is 0 Å². The molecule has 0 saturated heterocycles. The monoisotopic (exact) mass is 379 g/mol. The zero-order chi connectivity index (χ0) is 19.8. The van der Waals surface area contributed by atoms with Crippen LogP contribution in [0.1, 0.15) is 12.0 Å². The second-order valence-electron chi connectivity index (χ2n) is 6.35. The number of hydrogen-bond acceptors (Lipinski definition) is 5. The van der Waals surface area contributed by atoms with Crippen molar-refractivity contribution >= 4 is 22.5 Å². The molecule has 0 atom stereocenters. The number of amides is 1. The lowest BCUT2D eigenvalue weighted by Crippen LogP contribution is -2.27. The minimum Gasteiger partial charge on any atom is -0.493 e. The minimum atomic E-state index is 0.0150. The van der Waals surface area contributed by atoms with E-state index in [-0.39, 0.29) is 5.91 Å². The highest BCUT2D eigenvalue weighted by atomic mass is 16.5. The van der Waals surface area contributed by atoms with Crippen LogP contribution in [0.2, 0.25) is 0 Å². The lowest BCUT2D eigenvalue weighted by Gasteiger charge is -2.11. The van der Waals surface area contributed by atoms with Gasteiger partial charge in [-0.05, 0) is 36.2 Å². The maximum absolute atomic E-state index is 12.1. The van der Waals surface area contributed by atoms with Gasteiger partial charge in [0.1, 0.15) is 0 Å². The maximum atomic E-state index is 12.1. The number of benzene rings is 2. The van der Waals surface area contributed by atoms with E-state index in [0.29, 0.717) is 31.0 Å². The molecule has 0 fully saturated rings. The third-order valence-corrected chi connectivity index (χ3v) is 4.48. The van der Waals surface area contributed by atoms with Crippen LogP contribution < -0.4 is 20.1 Å². The maximum Gasteiger partial charge on any atom is 0.221 e. The van der Waals surface area contributed by atoms with Crippen molar-refractivity contribution in [3.8, 4) is 11.5 Å². The van der Waals surface area contributed by atoms with Crippen LogP contribution in [0.5, 0.6) is 11.5 Å². The Balaban J connectivity index is 1.44. The van der Waals surface area contributed by atoms with E-state index in [1.165, 1.54) is 0 Å². The van der Waals surface area contributed by atoms with Gasteiger partial charge >= 0.3 is 0 Å². The highest BCUT2D eigenvalue weighted by Gasteiger charge is 2.06. The molecule has 28 heavy (non-hydrogen) atoms. The van der Waals surface area contributed by atoms with E-state index < -0.39 is 0 Å². The Hall–Kier alpha value is -3.28. The van der Waals surface area contributed by atoms with Crippen molar-refractivity contribution < 1.29 is 14.3 Å². The molecule has 0 unspecified atom stereocenters. The summed E-state index contributed by atoms with van der Waals surface area (Å²) in [4.78, 5) is 16.5. The highest BCUT2D eigenvalue weighted by Crippen LogP contribution is 2.27. The fourth-order valence-electron chi connectivity index (χ4n) is 3.03. The molecule has 2 N–H and O–H groups in total. The molecule has 1 amide bonds. The number of anilines is 1. The Labute approximate surface area is 164 Å². The number of pyridine rings is 1. The van der Waals surface area contributed by atoms with Gasteiger partial charge < -0.3 is 20.1 Å². The largest absolute Gasteiger partial charge is 0.493 e. The van der Waals surface area contributed by atoms with Crippen LogP contribution >= 0.6 is 0 Å². The molecule has 0 aliphatic heterocycles. The average Bonchev–Trinajstić information content (AvgIpc) is 2.73. The molecule has 3 rings (SSSR count). The summed E-state index contributed by atoms with van der Waals surface area (Å²) >= 11 is 0. The summed E-state index contributed by atoms with van der Waals surface area (Å²) in [6.45, 7) is 1.13. The van der Waals surface area contributed by atoms with Gasteiger partial charge in [0.2, 0.25) is 5.91 Å². The first kappa shape index (κ1) is 19.5. The molecule has 0 aliphatic rings. The van der Waals surface area contributed by atoms with Crippen molar-refractivity contribution in [3.05, 3.63) is 60.3 Å². The molecule has 0 bridgehead atoms. The van der Waals surface area contributed by atoms with E-state index in [2.05, 4.69) is 15.6 Å². The fourth-order valence-corrected chi connectivity index (χ4v) is 3.03. The van der Waals surface area contributed by atoms with Crippen LogP contribution in [0.15, 0.2) is 54.7 Å². The first-order chi connectivity index (χ1) is 13.7. The van der Waals surface area contributed by atoms with Gasteiger partial charge in [0, 0.05) is 31.1 Å². The predicted molar refractivity (Wildman–Crippen MR) is 111 cm³/mol. The van der Waals surface area contributed by atoms with Crippen molar-refractivity contribution in [2.45, 2.75) is 12.8 Å². The van der Waals surface area contributed by atoms with Crippen molar-refractivity contribution in [2.24, 2.45) is 0 Å². The molecule has 6 heteroatoms. The fraction of sp³-hybridized carbons (Fsp3) is 0.273. The van der Waals surface area contributed by atoms with Crippen LogP contribution in [0.3, 0.4) is 0 Å². The van der Waals surface area contributed by atoms with Gasteiger partial charge in [-0.15, -0.1) is 0 Å². The molecule has 0 aliphatic carbocycles. The van der Waals surface area contributed by atoms with Crippen LogP contribution in [-0.4, -0.2) is 38.2 Å². The number of nitrogens with one attached hydrogen (secondary N) is 2. The Morgan fingerprint density at radius 1 is 1.00 bits per heavy atom. The van der Waals surface area contributed by atoms with E-state index in [4.69, 9.17) is 9.47 Å². The number of rotatable bonds is 9. The molecule has 1 aromatic heterocycles.